The molecule has 3 heterocycles. The third-order valence-corrected chi connectivity index (χ3v) is 5.04. The van der Waals surface area contributed by atoms with Crippen molar-refractivity contribution in [1.29, 1.82) is 0 Å². The molecule has 0 amide bonds. The fourth-order valence-electron chi connectivity index (χ4n) is 3.84. The molecule has 0 radical (unpaired) electrons. The number of aliphatic carboxylic acids is 1. The molecule has 3 fully saturated rings. The highest BCUT2D eigenvalue weighted by atomic mass is 16.6. The highest BCUT2D eigenvalue weighted by molar-refractivity contribution is 5.75. The predicted octanol–water partition coefficient (Wildman–Crippen LogP) is 1.45. The van der Waals surface area contributed by atoms with Crippen LogP contribution >= 0.6 is 0 Å². The minimum absolute atomic E-state index is 0.140. The Bertz CT molecular complexity index is 342. The molecular weight excluding hydrogens is 248 g/mol. The Morgan fingerprint density at radius 3 is 2.58 bits per heavy atom. The van der Waals surface area contributed by atoms with Crippen LogP contribution in [0.4, 0.5) is 0 Å². The van der Waals surface area contributed by atoms with E-state index in [2.05, 4.69) is 0 Å². The average Bonchev–Trinajstić information content (AvgIpc) is 2.87. The van der Waals surface area contributed by atoms with Gasteiger partial charge in [0.05, 0.1) is 24.2 Å². The van der Waals surface area contributed by atoms with Gasteiger partial charge in [-0.15, -0.1) is 0 Å². The number of carboxylic acids is 1. The zero-order valence-corrected chi connectivity index (χ0v) is 11.2. The Labute approximate surface area is 113 Å². The third kappa shape index (κ3) is 2.28. The fourth-order valence-corrected chi connectivity index (χ4v) is 3.84. The summed E-state index contributed by atoms with van der Waals surface area (Å²) < 4.78 is 16.9. The number of carboxylic acid groups (broad SMARTS) is 1. The molecule has 0 aromatic heterocycles. The van der Waals surface area contributed by atoms with Gasteiger partial charge in [-0.05, 0) is 31.6 Å². The molecule has 3 aliphatic heterocycles. The lowest BCUT2D eigenvalue weighted by atomic mass is 9.65. The lowest BCUT2D eigenvalue weighted by Crippen LogP contribution is -2.52. The van der Waals surface area contributed by atoms with Crippen LogP contribution in [0.1, 0.15) is 32.1 Å². The normalized spacial score (nSPS) is 43.5. The zero-order valence-electron chi connectivity index (χ0n) is 11.2. The van der Waals surface area contributed by atoms with Gasteiger partial charge in [0.2, 0.25) is 0 Å². The molecule has 0 aromatic carbocycles. The summed E-state index contributed by atoms with van der Waals surface area (Å²) in [5, 5.41) is 9.72. The lowest BCUT2D eigenvalue weighted by molar-refractivity contribution is -0.178. The first-order valence-corrected chi connectivity index (χ1v) is 7.20. The molecule has 3 unspecified atom stereocenters. The van der Waals surface area contributed by atoms with Crippen molar-refractivity contribution in [3.63, 3.8) is 0 Å². The van der Waals surface area contributed by atoms with E-state index in [-0.39, 0.29) is 11.5 Å². The van der Waals surface area contributed by atoms with E-state index in [1.165, 1.54) is 0 Å². The topological polar surface area (TPSA) is 65.0 Å². The van der Waals surface area contributed by atoms with Crippen LogP contribution < -0.4 is 0 Å². The largest absolute Gasteiger partial charge is 0.481 e. The third-order valence-electron chi connectivity index (χ3n) is 5.04. The summed E-state index contributed by atoms with van der Waals surface area (Å²) in [6.07, 6.45) is 4.07. The molecular formula is C14H22O5. The van der Waals surface area contributed by atoms with Crippen LogP contribution in [-0.2, 0) is 19.0 Å². The van der Waals surface area contributed by atoms with E-state index < -0.39 is 11.4 Å². The minimum atomic E-state index is -0.711. The van der Waals surface area contributed by atoms with E-state index in [1.54, 1.807) is 0 Å². The molecule has 3 saturated heterocycles. The van der Waals surface area contributed by atoms with Crippen LogP contribution in [0.5, 0.6) is 0 Å². The fraction of sp³-hybridized carbons (Fsp3) is 0.929. The highest BCUT2D eigenvalue weighted by Crippen LogP contribution is 2.47. The van der Waals surface area contributed by atoms with Crippen LogP contribution in [0, 0.1) is 11.3 Å². The molecule has 0 saturated carbocycles. The zero-order chi connectivity index (χ0) is 13.3. The van der Waals surface area contributed by atoms with Gasteiger partial charge in [0, 0.05) is 26.2 Å². The average molecular weight is 270 g/mol. The maximum absolute atomic E-state index is 11.8. The second kappa shape index (κ2) is 5.04. The molecule has 19 heavy (non-hydrogen) atoms. The van der Waals surface area contributed by atoms with Gasteiger partial charge in [-0.2, -0.15) is 0 Å². The SMILES string of the molecule is O=C(O)C1(C2CCOC3(CCOC3)C2)CCCOC1. The van der Waals surface area contributed by atoms with Crippen molar-refractivity contribution >= 4 is 5.97 Å². The Morgan fingerprint density at radius 1 is 1.11 bits per heavy atom. The molecule has 3 atom stereocenters. The molecule has 1 spiro atoms. The molecule has 0 aliphatic carbocycles. The maximum Gasteiger partial charge on any atom is 0.312 e. The standard InChI is InChI=1S/C14H22O5/c15-12(16)14(3-1-5-17-10-14)11-2-6-19-13(8-11)4-7-18-9-13/h11H,1-10H2,(H,15,16). The summed E-state index contributed by atoms with van der Waals surface area (Å²) in [7, 11) is 0. The molecule has 108 valence electrons. The second-order valence-corrected chi connectivity index (χ2v) is 6.14. The number of hydrogen-bond donors (Lipinski definition) is 1. The van der Waals surface area contributed by atoms with E-state index in [9.17, 15) is 9.90 Å². The van der Waals surface area contributed by atoms with Crippen LogP contribution in [0.3, 0.4) is 0 Å². The maximum atomic E-state index is 11.8. The van der Waals surface area contributed by atoms with Crippen molar-refractivity contribution < 1.29 is 24.1 Å². The van der Waals surface area contributed by atoms with Crippen LogP contribution in [0.2, 0.25) is 0 Å². The molecule has 3 aliphatic rings. The Kier molecular flexibility index (Phi) is 3.53. The van der Waals surface area contributed by atoms with E-state index in [1.807, 2.05) is 0 Å². The highest BCUT2D eigenvalue weighted by Gasteiger charge is 2.52. The van der Waals surface area contributed by atoms with Gasteiger partial charge in [-0.3, -0.25) is 4.79 Å². The first-order valence-electron chi connectivity index (χ1n) is 7.20. The van der Waals surface area contributed by atoms with Gasteiger partial charge in [0.1, 0.15) is 0 Å². The second-order valence-electron chi connectivity index (χ2n) is 6.14. The van der Waals surface area contributed by atoms with Crippen LogP contribution in [0.15, 0.2) is 0 Å². The molecule has 0 aromatic rings. The predicted molar refractivity (Wildman–Crippen MR) is 67.0 cm³/mol. The summed E-state index contributed by atoms with van der Waals surface area (Å²) in [6.45, 7) is 3.02. The van der Waals surface area contributed by atoms with E-state index in [0.717, 1.165) is 38.7 Å². The molecule has 5 heteroatoms. The van der Waals surface area contributed by atoms with Crippen molar-refractivity contribution in [1.82, 2.24) is 0 Å². The van der Waals surface area contributed by atoms with Gasteiger partial charge < -0.3 is 19.3 Å². The summed E-state index contributed by atoms with van der Waals surface area (Å²) in [5.74, 6) is -0.561. The van der Waals surface area contributed by atoms with Crippen molar-refractivity contribution in [3.8, 4) is 0 Å². The summed E-state index contributed by atoms with van der Waals surface area (Å²) in [4.78, 5) is 11.8. The Morgan fingerprint density at radius 2 is 1.95 bits per heavy atom. The van der Waals surface area contributed by atoms with Crippen LogP contribution in [-0.4, -0.2) is 49.7 Å². The lowest BCUT2D eigenvalue weighted by Gasteiger charge is -2.46. The summed E-state index contributed by atoms with van der Waals surface area (Å²) >= 11 is 0. The van der Waals surface area contributed by atoms with E-state index >= 15 is 0 Å². The van der Waals surface area contributed by atoms with Gasteiger partial charge in [-0.1, -0.05) is 0 Å². The number of rotatable bonds is 2. The Balaban J connectivity index is 1.80. The van der Waals surface area contributed by atoms with E-state index in [4.69, 9.17) is 14.2 Å². The number of ether oxygens (including phenoxy) is 3. The van der Waals surface area contributed by atoms with Gasteiger partial charge in [0.25, 0.3) is 0 Å². The van der Waals surface area contributed by atoms with Crippen LogP contribution in [0.25, 0.3) is 0 Å². The summed E-state index contributed by atoms with van der Waals surface area (Å²) in [6, 6.07) is 0. The summed E-state index contributed by atoms with van der Waals surface area (Å²) in [5.41, 5.74) is -0.944. The quantitative estimate of drug-likeness (QED) is 0.823. The molecule has 1 N–H and O–H groups in total. The van der Waals surface area contributed by atoms with E-state index in [0.29, 0.717) is 26.4 Å². The van der Waals surface area contributed by atoms with Gasteiger partial charge in [-0.25, -0.2) is 0 Å². The van der Waals surface area contributed by atoms with Gasteiger partial charge >= 0.3 is 5.97 Å². The van der Waals surface area contributed by atoms with Crippen molar-refractivity contribution in [3.05, 3.63) is 0 Å². The first kappa shape index (κ1) is 13.3. The molecule has 0 bridgehead atoms. The monoisotopic (exact) mass is 270 g/mol. The number of carbonyl (C=O) groups is 1. The van der Waals surface area contributed by atoms with Crippen molar-refractivity contribution in [2.45, 2.75) is 37.7 Å². The van der Waals surface area contributed by atoms with Crippen molar-refractivity contribution in [2.75, 3.05) is 33.0 Å². The Hall–Kier alpha value is -0.650. The van der Waals surface area contributed by atoms with Gasteiger partial charge in [0.15, 0.2) is 0 Å². The first-order chi connectivity index (χ1) is 9.17. The number of hydrogen-bond acceptors (Lipinski definition) is 4. The smallest absolute Gasteiger partial charge is 0.312 e. The molecule has 5 nitrogen and oxygen atoms in total. The minimum Gasteiger partial charge on any atom is -0.481 e. The van der Waals surface area contributed by atoms with Crippen molar-refractivity contribution in [2.24, 2.45) is 11.3 Å². The molecule has 3 rings (SSSR count).